The summed E-state index contributed by atoms with van der Waals surface area (Å²) in [5, 5.41) is 0. The molecule has 0 N–H and O–H groups in total. The SMILES string of the molecule is C#C[C@@H](c1ccccc1)[C@@H](C#C)c1ccccc1.[C-]#[O+].[C-]#[O+].[C-]#[O+].[C-]#[O+].[C-]#[O+].[C-]#[O+].[C-]#[O+].[C-]#[O+].[C-]#[O+].[C-]#[O+].[C-]#[O+].[C-]#[O+].[Co].[Co].[Co].[Co]. The molecule has 242 valence electrons. The Hall–Kier alpha value is -3.53. The van der Waals surface area contributed by atoms with Crippen molar-refractivity contribution in [1.29, 1.82) is 0 Å². The summed E-state index contributed by atoms with van der Waals surface area (Å²) in [5.74, 6) is 5.48. The number of terminal acetylenes is 2. The van der Waals surface area contributed by atoms with Gasteiger partial charge >= 0.3 is 136 Å². The molecule has 2 rings (SSSR count). The normalized spacial score (nSPS) is 5.61. The largest absolute Gasteiger partial charge is 0 e. The molecule has 0 aliphatic rings. The summed E-state index contributed by atoms with van der Waals surface area (Å²) in [6, 6.07) is 20.0. The first-order chi connectivity index (χ1) is 20.9. The zero-order valence-electron chi connectivity index (χ0n) is 22.3. The van der Waals surface area contributed by atoms with Gasteiger partial charge in [-0.2, -0.15) is 0 Å². The third-order valence-corrected chi connectivity index (χ3v) is 3.01. The minimum Gasteiger partial charge on any atom is 0 e. The first-order valence-electron chi connectivity index (χ1n) is 8.34. The molecular weight excluding hydrogens is 788 g/mol. The first kappa shape index (κ1) is 96.8. The van der Waals surface area contributed by atoms with E-state index in [9.17, 15) is 0 Å². The molecule has 2 aromatic carbocycles. The Bertz CT molecular complexity index is 930. The Kier molecular flexibility index (Phi) is 341. The maximum absolute atomic E-state index is 7.50. The molecule has 0 fully saturated rings. The van der Waals surface area contributed by atoms with Crippen LogP contribution >= 0.6 is 0 Å². The van der Waals surface area contributed by atoms with Crippen LogP contribution in [-0.2, 0) is 123 Å². The molecule has 0 aromatic heterocycles. The molecule has 0 saturated heterocycles. The van der Waals surface area contributed by atoms with Crippen LogP contribution in [0.5, 0.6) is 0 Å². The van der Waals surface area contributed by atoms with E-state index >= 15 is 0 Å². The van der Waals surface area contributed by atoms with E-state index in [4.69, 9.17) is 68.7 Å². The third-order valence-electron chi connectivity index (χ3n) is 3.01. The van der Waals surface area contributed by atoms with Crippen LogP contribution in [0.2, 0.25) is 0 Å². The van der Waals surface area contributed by atoms with Gasteiger partial charge in [0.2, 0.25) is 0 Å². The fourth-order valence-electron chi connectivity index (χ4n) is 2.09. The van der Waals surface area contributed by atoms with E-state index in [-0.39, 0.29) is 79.0 Å². The maximum Gasteiger partial charge on any atom is 0 e. The summed E-state index contributed by atoms with van der Waals surface area (Å²) >= 11 is 0. The molecule has 0 aliphatic heterocycles. The van der Waals surface area contributed by atoms with E-state index in [1.54, 1.807) is 0 Å². The molecule has 46 heavy (non-hydrogen) atoms. The van der Waals surface area contributed by atoms with Crippen molar-refractivity contribution in [1.82, 2.24) is 0 Å². The van der Waals surface area contributed by atoms with Gasteiger partial charge in [0.1, 0.15) is 0 Å². The van der Waals surface area contributed by atoms with Crippen molar-refractivity contribution < 1.29 is 123 Å². The van der Waals surface area contributed by atoms with E-state index in [1.807, 2.05) is 60.7 Å². The molecule has 0 aliphatic carbocycles. The Morgan fingerprint density at radius 2 is 0.457 bits per heavy atom. The van der Waals surface area contributed by atoms with Gasteiger partial charge in [0.05, 0.1) is 11.8 Å². The Labute approximate surface area is 309 Å². The van der Waals surface area contributed by atoms with Gasteiger partial charge in [0, 0.05) is 67.1 Å². The van der Waals surface area contributed by atoms with E-state index in [0.29, 0.717) is 0 Å². The van der Waals surface area contributed by atoms with Gasteiger partial charge in [-0.05, 0) is 11.1 Å². The summed E-state index contributed by atoms with van der Waals surface area (Å²) in [7, 11) is 0. The molecule has 0 saturated carbocycles. The van der Waals surface area contributed by atoms with Crippen molar-refractivity contribution in [2.24, 2.45) is 0 Å². The third kappa shape index (κ3) is 77.8. The summed E-state index contributed by atoms with van der Waals surface area (Å²) in [4.78, 5) is 0. The first-order valence-corrected chi connectivity index (χ1v) is 8.34. The second-order valence-corrected chi connectivity index (χ2v) is 4.11. The predicted molar refractivity (Wildman–Crippen MR) is 123 cm³/mol. The zero-order valence-corrected chi connectivity index (χ0v) is 26.5. The minimum atomic E-state index is -0.0846. The van der Waals surface area contributed by atoms with E-state index < -0.39 is 0 Å². The van der Waals surface area contributed by atoms with Gasteiger partial charge in [-0.3, -0.25) is 0 Å². The van der Waals surface area contributed by atoms with Gasteiger partial charge in [0.25, 0.3) is 0 Å². The second kappa shape index (κ2) is 162. The monoisotopic (exact) mass is 802 g/mol. The van der Waals surface area contributed by atoms with Crippen molar-refractivity contribution in [2.75, 3.05) is 0 Å². The van der Waals surface area contributed by atoms with Crippen molar-refractivity contribution in [3.05, 3.63) is 152 Å². The van der Waals surface area contributed by atoms with Crippen LogP contribution in [0.1, 0.15) is 23.0 Å². The maximum atomic E-state index is 7.50. The zero-order chi connectivity index (χ0) is 36.8. The summed E-state index contributed by atoms with van der Waals surface area (Å²) in [6.07, 6.45) is 11.3. The van der Waals surface area contributed by atoms with Gasteiger partial charge in [0.15, 0.2) is 0 Å². The summed E-state index contributed by atoms with van der Waals surface area (Å²) in [6.45, 7) is 54.0. The molecule has 0 heterocycles. The van der Waals surface area contributed by atoms with Gasteiger partial charge in [-0.15, -0.1) is 12.8 Å². The number of hydrogen-bond acceptors (Lipinski definition) is 0. The number of rotatable bonds is 3. The van der Waals surface area contributed by atoms with Crippen molar-refractivity contribution in [3.63, 3.8) is 0 Å². The van der Waals surface area contributed by atoms with E-state index in [0.717, 1.165) is 11.1 Å². The number of benzene rings is 2. The van der Waals surface area contributed by atoms with Crippen LogP contribution in [-0.4, -0.2) is 0 Å². The Morgan fingerprint density at radius 3 is 0.565 bits per heavy atom. The molecule has 2 atom stereocenters. The molecule has 0 spiro atoms. The van der Waals surface area contributed by atoms with Gasteiger partial charge in [-0.25, -0.2) is 0 Å². The quantitative estimate of drug-likeness (QED) is 0.247. The van der Waals surface area contributed by atoms with E-state index in [2.05, 4.69) is 91.6 Å². The summed E-state index contributed by atoms with van der Waals surface area (Å²) in [5.41, 5.74) is 2.18. The Balaban J connectivity index is -0.0000000227. The average Bonchev–Trinajstić information content (AvgIpc) is 3.18. The predicted octanol–water partition coefficient (Wildman–Crippen LogP) is 3.36. The van der Waals surface area contributed by atoms with Crippen LogP contribution in [0.25, 0.3) is 0 Å². The van der Waals surface area contributed by atoms with Crippen molar-refractivity contribution in [2.45, 2.75) is 11.8 Å². The molecular formula is C30H14Co4O12. The van der Waals surface area contributed by atoms with Crippen LogP contribution in [0.15, 0.2) is 60.7 Å². The fraction of sp³-hybridized carbons (Fsp3) is 0.0667. The Morgan fingerprint density at radius 1 is 0.326 bits per heavy atom. The van der Waals surface area contributed by atoms with Crippen molar-refractivity contribution in [3.8, 4) is 24.7 Å². The smallest absolute Gasteiger partial charge is 0 e. The minimum absolute atomic E-state index is 0. The molecule has 12 nitrogen and oxygen atoms in total. The van der Waals surface area contributed by atoms with Crippen LogP contribution in [0.4, 0.5) is 0 Å². The fourth-order valence-corrected chi connectivity index (χ4v) is 2.09. The second-order valence-electron chi connectivity index (χ2n) is 4.11. The van der Waals surface area contributed by atoms with Crippen molar-refractivity contribution >= 4 is 0 Å². The van der Waals surface area contributed by atoms with Gasteiger partial charge < -0.3 is 0 Å². The van der Waals surface area contributed by atoms with Crippen LogP contribution in [0, 0.1) is 104 Å². The average molecular weight is 802 g/mol. The van der Waals surface area contributed by atoms with Crippen LogP contribution < -0.4 is 0 Å². The molecule has 0 unspecified atom stereocenters. The molecule has 0 amide bonds. The van der Waals surface area contributed by atoms with Gasteiger partial charge in [-0.1, -0.05) is 72.5 Å². The molecule has 2 aromatic rings. The topological polar surface area (TPSA) is 239 Å². The molecule has 0 bridgehead atoms. The molecule has 4 radical (unpaired) electrons. The summed E-state index contributed by atoms with van der Waals surface area (Å²) < 4.78 is 90.0. The number of hydrogen-bond donors (Lipinski definition) is 0. The molecule has 16 heteroatoms. The standard InChI is InChI=1S/C18H14.12CO.4Co/c1-3-17(15-11-7-5-8-12-15)18(4-2)16-13-9-6-10-14-16;12*1-2;;;;/h1-2,5-14,17-18H;;;;;;;;;;;;;;;;/t17-,18-;;;;;;;;;;;;;;;;/m0................/s1. The van der Waals surface area contributed by atoms with Crippen LogP contribution in [0.3, 0.4) is 0 Å². The van der Waals surface area contributed by atoms with E-state index in [1.165, 1.54) is 0 Å².